The van der Waals surface area contributed by atoms with Gasteiger partial charge in [0.25, 0.3) is 5.69 Å². The van der Waals surface area contributed by atoms with Crippen LogP contribution in [0, 0.1) is 10.1 Å². The first kappa shape index (κ1) is 16.4. The van der Waals surface area contributed by atoms with Gasteiger partial charge in [-0.25, -0.2) is 4.79 Å². The van der Waals surface area contributed by atoms with Crippen LogP contribution in [0.5, 0.6) is 5.75 Å². The molecule has 0 unspecified atom stereocenters. The Balaban J connectivity index is 1.73. The van der Waals surface area contributed by atoms with E-state index in [0.717, 1.165) is 5.69 Å². The number of rotatable bonds is 1. The second-order valence-corrected chi connectivity index (χ2v) is 6.99. The number of anilines is 1. The molecular formula is C16H21N3O5. The molecule has 1 atom stereocenters. The van der Waals surface area contributed by atoms with E-state index >= 15 is 0 Å². The highest BCUT2D eigenvalue weighted by atomic mass is 16.6. The summed E-state index contributed by atoms with van der Waals surface area (Å²) < 4.78 is 11.1. The number of non-ortho nitro benzene ring substituents is 1. The zero-order valence-electron chi connectivity index (χ0n) is 14.0. The number of nitrogens with zero attached hydrogens (tertiary/aromatic N) is 3. The lowest BCUT2D eigenvalue weighted by molar-refractivity contribution is -0.384. The third-order valence-corrected chi connectivity index (χ3v) is 4.03. The van der Waals surface area contributed by atoms with Crippen molar-refractivity contribution in [3.8, 4) is 5.75 Å². The van der Waals surface area contributed by atoms with Crippen LogP contribution < -0.4 is 9.64 Å². The summed E-state index contributed by atoms with van der Waals surface area (Å²) in [4.78, 5) is 26.5. The maximum Gasteiger partial charge on any atom is 0.410 e. The minimum atomic E-state index is -0.525. The Hall–Kier alpha value is -2.51. The van der Waals surface area contributed by atoms with Crippen molar-refractivity contribution in [1.29, 1.82) is 0 Å². The molecule has 0 aromatic heterocycles. The summed E-state index contributed by atoms with van der Waals surface area (Å²) in [7, 11) is 0. The molecular weight excluding hydrogens is 314 g/mol. The van der Waals surface area contributed by atoms with Crippen LogP contribution in [-0.4, -0.2) is 53.8 Å². The van der Waals surface area contributed by atoms with E-state index in [1.807, 2.05) is 20.8 Å². The number of carbonyl (C=O) groups excluding carboxylic acids is 1. The standard InChI is InChI=1S/C16H21N3O5/c1-16(2,3)24-15(20)17-6-7-18-12(9-17)10-23-14-8-11(19(21)22)4-5-13(14)18/h4-5,8,12H,6-7,9-10H2,1-3H3/t12-/m0/s1. The van der Waals surface area contributed by atoms with Crippen molar-refractivity contribution < 1.29 is 19.2 Å². The van der Waals surface area contributed by atoms with Crippen LogP contribution in [0.2, 0.25) is 0 Å². The maximum absolute atomic E-state index is 12.2. The van der Waals surface area contributed by atoms with Gasteiger partial charge in [0.1, 0.15) is 18.0 Å². The smallest absolute Gasteiger partial charge is 0.410 e. The van der Waals surface area contributed by atoms with Gasteiger partial charge in [0.15, 0.2) is 0 Å². The largest absolute Gasteiger partial charge is 0.489 e. The first-order chi connectivity index (χ1) is 11.2. The van der Waals surface area contributed by atoms with Crippen LogP contribution in [0.4, 0.5) is 16.2 Å². The Morgan fingerprint density at radius 2 is 2.12 bits per heavy atom. The lowest BCUT2D eigenvalue weighted by Crippen LogP contribution is -2.59. The predicted molar refractivity (Wildman–Crippen MR) is 87.5 cm³/mol. The van der Waals surface area contributed by atoms with Gasteiger partial charge in [0.2, 0.25) is 0 Å². The third kappa shape index (κ3) is 3.22. The normalized spacial score (nSPS) is 19.9. The van der Waals surface area contributed by atoms with Gasteiger partial charge in [0, 0.05) is 25.7 Å². The summed E-state index contributed by atoms with van der Waals surface area (Å²) in [5.74, 6) is 0.520. The predicted octanol–water partition coefficient (Wildman–Crippen LogP) is 2.41. The Kier molecular flexibility index (Phi) is 3.98. The van der Waals surface area contributed by atoms with Crippen LogP contribution >= 0.6 is 0 Å². The first-order valence-corrected chi connectivity index (χ1v) is 7.90. The summed E-state index contributed by atoms with van der Waals surface area (Å²) in [6, 6.07) is 4.65. The number of nitro benzene ring substituents is 1. The molecule has 0 spiro atoms. The van der Waals surface area contributed by atoms with Gasteiger partial charge >= 0.3 is 6.09 Å². The molecule has 0 bridgehead atoms. The minimum Gasteiger partial charge on any atom is -0.489 e. The van der Waals surface area contributed by atoms with E-state index in [1.54, 1.807) is 11.0 Å². The maximum atomic E-state index is 12.2. The van der Waals surface area contributed by atoms with Crippen LogP contribution in [0.3, 0.4) is 0 Å². The van der Waals surface area contributed by atoms with Crippen molar-refractivity contribution >= 4 is 17.5 Å². The molecule has 2 aliphatic rings. The third-order valence-electron chi connectivity index (χ3n) is 4.03. The number of amides is 1. The molecule has 130 valence electrons. The number of hydrogen-bond acceptors (Lipinski definition) is 6. The molecule has 1 aromatic carbocycles. The molecule has 1 saturated heterocycles. The Labute approximate surface area is 140 Å². The molecule has 2 heterocycles. The van der Waals surface area contributed by atoms with Crippen LogP contribution in [0.25, 0.3) is 0 Å². The van der Waals surface area contributed by atoms with E-state index in [2.05, 4.69) is 4.90 Å². The first-order valence-electron chi connectivity index (χ1n) is 7.90. The number of nitro groups is 1. The summed E-state index contributed by atoms with van der Waals surface area (Å²) >= 11 is 0. The number of hydrogen-bond donors (Lipinski definition) is 0. The highest BCUT2D eigenvalue weighted by molar-refractivity contribution is 5.70. The zero-order chi connectivity index (χ0) is 17.5. The Bertz CT molecular complexity index is 670. The van der Waals surface area contributed by atoms with E-state index < -0.39 is 10.5 Å². The van der Waals surface area contributed by atoms with Crippen molar-refractivity contribution in [2.75, 3.05) is 31.1 Å². The number of fused-ring (bicyclic) bond motifs is 3. The molecule has 8 nitrogen and oxygen atoms in total. The van der Waals surface area contributed by atoms with Crippen LogP contribution in [0.1, 0.15) is 20.8 Å². The molecule has 1 aromatic rings. The number of benzene rings is 1. The van der Waals surface area contributed by atoms with Crippen LogP contribution in [0.15, 0.2) is 18.2 Å². The second kappa shape index (κ2) is 5.85. The highest BCUT2D eigenvalue weighted by Gasteiger charge is 2.36. The van der Waals surface area contributed by atoms with Gasteiger partial charge in [0.05, 0.1) is 22.7 Å². The monoisotopic (exact) mass is 335 g/mol. The summed E-state index contributed by atoms with van der Waals surface area (Å²) in [6.45, 7) is 7.59. The zero-order valence-corrected chi connectivity index (χ0v) is 14.0. The van der Waals surface area contributed by atoms with Crippen molar-refractivity contribution in [2.24, 2.45) is 0 Å². The average molecular weight is 335 g/mol. The SMILES string of the molecule is CC(C)(C)OC(=O)N1CCN2c3ccc([N+](=O)[O-])cc3OC[C@@H]2C1. The van der Waals surface area contributed by atoms with Crippen LogP contribution in [-0.2, 0) is 4.74 Å². The average Bonchev–Trinajstić information content (AvgIpc) is 2.51. The quantitative estimate of drug-likeness (QED) is 0.579. The van der Waals surface area contributed by atoms with Gasteiger partial charge in [-0.3, -0.25) is 10.1 Å². The molecule has 8 heteroatoms. The Morgan fingerprint density at radius 3 is 2.79 bits per heavy atom. The van der Waals surface area contributed by atoms with Gasteiger partial charge in [-0.2, -0.15) is 0 Å². The number of carbonyl (C=O) groups is 1. The topological polar surface area (TPSA) is 85.2 Å². The molecule has 0 aliphatic carbocycles. The molecule has 0 radical (unpaired) electrons. The molecule has 0 saturated carbocycles. The molecule has 3 rings (SSSR count). The summed E-state index contributed by atoms with van der Waals surface area (Å²) in [5, 5.41) is 10.9. The van der Waals surface area contributed by atoms with E-state index in [-0.39, 0.29) is 17.8 Å². The lowest BCUT2D eigenvalue weighted by atomic mass is 10.1. The van der Waals surface area contributed by atoms with E-state index in [4.69, 9.17) is 9.47 Å². The van der Waals surface area contributed by atoms with Crippen molar-refractivity contribution in [3.63, 3.8) is 0 Å². The van der Waals surface area contributed by atoms with E-state index in [0.29, 0.717) is 32.0 Å². The minimum absolute atomic E-state index is 0.0135. The van der Waals surface area contributed by atoms with E-state index in [1.165, 1.54) is 12.1 Å². The Morgan fingerprint density at radius 1 is 1.38 bits per heavy atom. The fraction of sp³-hybridized carbons (Fsp3) is 0.562. The number of ether oxygens (including phenoxy) is 2. The fourth-order valence-electron chi connectivity index (χ4n) is 2.96. The number of piperazine rings is 1. The van der Waals surface area contributed by atoms with Gasteiger partial charge in [-0.1, -0.05) is 0 Å². The lowest BCUT2D eigenvalue weighted by Gasteiger charge is -2.45. The van der Waals surface area contributed by atoms with Gasteiger partial charge in [-0.15, -0.1) is 0 Å². The van der Waals surface area contributed by atoms with E-state index in [9.17, 15) is 14.9 Å². The molecule has 1 fully saturated rings. The molecule has 0 N–H and O–H groups in total. The summed E-state index contributed by atoms with van der Waals surface area (Å²) in [5.41, 5.74) is 0.322. The van der Waals surface area contributed by atoms with Crippen molar-refractivity contribution in [2.45, 2.75) is 32.4 Å². The van der Waals surface area contributed by atoms with Gasteiger partial charge in [-0.05, 0) is 26.8 Å². The molecule has 24 heavy (non-hydrogen) atoms. The second-order valence-electron chi connectivity index (χ2n) is 6.99. The molecule has 1 amide bonds. The molecule has 2 aliphatic heterocycles. The van der Waals surface area contributed by atoms with Crippen molar-refractivity contribution in [3.05, 3.63) is 28.3 Å². The van der Waals surface area contributed by atoms with Crippen molar-refractivity contribution in [1.82, 2.24) is 4.90 Å². The highest BCUT2D eigenvalue weighted by Crippen LogP contribution is 2.37. The van der Waals surface area contributed by atoms with Gasteiger partial charge < -0.3 is 19.3 Å². The summed E-state index contributed by atoms with van der Waals surface area (Å²) in [6.07, 6.45) is -0.323. The fourth-order valence-corrected chi connectivity index (χ4v) is 2.96.